The molecule has 119 heavy (non-hydrogen) atoms. The minimum Gasteiger partial charge on any atom is -0.299 e. The van der Waals surface area contributed by atoms with Crippen molar-refractivity contribution >= 4 is 62.9 Å². The lowest BCUT2D eigenvalue weighted by Crippen LogP contribution is -1.76. The van der Waals surface area contributed by atoms with E-state index >= 15 is 0 Å². The molecule has 0 aromatic rings. The fourth-order valence-corrected chi connectivity index (χ4v) is 7.58. The van der Waals surface area contributed by atoms with Crippen molar-refractivity contribution in [2.24, 2.45) is 0 Å². The molecule has 10 heteroatoms. The lowest BCUT2D eigenvalue weighted by atomic mass is 10.1. The highest BCUT2D eigenvalue weighted by Crippen LogP contribution is 2.11. The zero-order valence-corrected chi connectivity index (χ0v) is 75.6. The summed E-state index contributed by atoms with van der Waals surface area (Å²) in [7, 11) is 0. The van der Waals surface area contributed by atoms with Crippen molar-refractivity contribution in [2.75, 3.05) is 0 Å². The van der Waals surface area contributed by atoms with E-state index in [9.17, 15) is 47.9 Å². The lowest BCUT2D eigenvalue weighted by molar-refractivity contribution is -0.105. The monoisotopic (exact) mass is 1610 g/mol. The summed E-state index contributed by atoms with van der Waals surface area (Å²) in [6, 6.07) is 0. The molecular weight excluding hydrogens is 1470 g/mol. The summed E-state index contributed by atoms with van der Waals surface area (Å²) in [5.41, 5.74) is 21.3. The van der Waals surface area contributed by atoms with Gasteiger partial charge in [0.25, 0.3) is 0 Å². The van der Waals surface area contributed by atoms with Crippen LogP contribution in [0.5, 0.6) is 0 Å². The molecule has 0 radical (unpaired) electrons. The predicted molar refractivity (Wildman–Crippen MR) is 516 cm³/mol. The maximum atomic E-state index is 10.4. The first-order chi connectivity index (χ1) is 56.7. The highest BCUT2D eigenvalue weighted by atomic mass is 16.1. The van der Waals surface area contributed by atoms with Crippen LogP contribution in [0.15, 0.2) is 427 Å². The van der Waals surface area contributed by atoms with Gasteiger partial charge < -0.3 is 0 Å². The molecular formula is C109H138O10. The number of carbonyl (C=O) groups is 10. The van der Waals surface area contributed by atoms with Crippen LogP contribution < -0.4 is 0 Å². The van der Waals surface area contributed by atoms with E-state index in [2.05, 4.69) is 179 Å². The molecule has 0 atom stereocenters. The van der Waals surface area contributed by atoms with E-state index in [1.807, 2.05) is 145 Å². The molecule has 0 aromatic carbocycles. The van der Waals surface area contributed by atoms with Crippen LogP contribution >= 0.6 is 0 Å². The molecule has 0 aliphatic heterocycles. The van der Waals surface area contributed by atoms with Crippen molar-refractivity contribution in [3.63, 3.8) is 0 Å². The Morgan fingerprint density at radius 1 is 0.151 bits per heavy atom. The topological polar surface area (TPSA) is 171 Å². The third-order valence-electron chi connectivity index (χ3n) is 14.6. The van der Waals surface area contributed by atoms with E-state index in [0.717, 1.165) is 122 Å². The van der Waals surface area contributed by atoms with Crippen molar-refractivity contribution in [2.45, 2.75) is 185 Å². The normalized spacial score (nSPS) is 14.6. The molecule has 10 nitrogen and oxygen atoms in total. The zero-order valence-electron chi connectivity index (χ0n) is 75.6. The van der Waals surface area contributed by atoms with Crippen molar-refractivity contribution in [1.29, 1.82) is 0 Å². The van der Waals surface area contributed by atoms with Gasteiger partial charge in [-0.3, -0.25) is 47.9 Å². The van der Waals surface area contributed by atoms with Crippen molar-refractivity contribution < 1.29 is 47.9 Å². The first kappa shape index (κ1) is 117. The molecule has 0 unspecified atom stereocenters. The van der Waals surface area contributed by atoms with Crippen molar-refractivity contribution in [3.05, 3.63) is 427 Å². The summed E-state index contributed by atoms with van der Waals surface area (Å²) >= 11 is 0. The molecule has 0 heterocycles. The molecule has 0 spiro atoms. The Labute approximate surface area is 718 Å². The van der Waals surface area contributed by atoms with E-state index in [0.29, 0.717) is 39.0 Å². The smallest absolute Gasteiger partial charge is 0.145 e. The minimum atomic E-state index is 0.656. The third kappa shape index (κ3) is 97.6. The second-order valence-corrected chi connectivity index (χ2v) is 27.9. The van der Waals surface area contributed by atoms with Crippen LogP contribution in [-0.2, 0) is 47.9 Å². The van der Waals surface area contributed by atoms with Gasteiger partial charge in [-0.15, -0.1) is 0 Å². The van der Waals surface area contributed by atoms with Gasteiger partial charge in [-0.25, -0.2) is 0 Å². The first-order valence-corrected chi connectivity index (χ1v) is 39.4. The number of hydrogen-bond acceptors (Lipinski definition) is 10. The minimum absolute atomic E-state index is 0.656. The maximum absolute atomic E-state index is 10.4. The number of allylic oxidation sites excluding steroid dienone is 72. The van der Waals surface area contributed by atoms with Gasteiger partial charge in [0, 0.05) is 0 Å². The molecule has 0 fully saturated rings. The Balaban J connectivity index is -0.000000344. The summed E-state index contributed by atoms with van der Waals surface area (Å²) in [6.45, 7) is 45.3. The molecule has 0 rings (SSSR count). The Morgan fingerprint density at radius 2 is 0.294 bits per heavy atom. The number of rotatable bonds is 44. The Morgan fingerprint density at radius 3 is 0.454 bits per heavy atom. The molecule has 0 saturated carbocycles. The molecule has 0 aliphatic rings. The summed E-state index contributed by atoms with van der Waals surface area (Å²) in [4.78, 5) is 102. The van der Waals surface area contributed by atoms with Crippen LogP contribution in [0.25, 0.3) is 0 Å². The average molecular weight is 1610 g/mol. The first-order valence-electron chi connectivity index (χ1n) is 39.4. The van der Waals surface area contributed by atoms with Crippen LogP contribution in [-0.4, -0.2) is 62.9 Å². The average Bonchev–Trinajstić information content (AvgIpc) is 1.00. The van der Waals surface area contributed by atoms with Crippen molar-refractivity contribution in [3.8, 4) is 0 Å². The van der Waals surface area contributed by atoms with Gasteiger partial charge >= 0.3 is 0 Å². The van der Waals surface area contributed by atoms with Crippen LogP contribution in [0.4, 0.5) is 0 Å². The van der Waals surface area contributed by atoms with E-state index < -0.39 is 0 Å². The second-order valence-electron chi connectivity index (χ2n) is 27.9. The summed E-state index contributed by atoms with van der Waals surface area (Å²) in [6.07, 6.45) is 110. The molecule has 0 bridgehead atoms. The summed E-state index contributed by atoms with van der Waals surface area (Å²) < 4.78 is 0. The van der Waals surface area contributed by atoms with Gasteiger partial charge in [0.05, 0.1) is 0 Å². The molecule has 634 valence electrons. The Hall–Kier alpha value is -12.7. The highest BCUT2D eigenvalue weighted by Gasteiger charge is 1.92. The zero-order chi connectivity index (χ0) is 91.1. The van der Waals surface area contributed by atoms with Crippen molar-refractivity contribution in [1.82, 2.24) is 0 Å². The Bertz CT molecular complexity index is 4120. The van der Waals surface area contributed by atoms with Gasteiger partial charge in [-0.1, -0.05) is 364 Å². The van der Waals surface area contributed by atoms with Gasteiger partial charge in [-0.2, -0.15) is 0 Å². The molecule has 0 saturated heterocycles. The largest absolute Gasteiger partial charge is 0.299 e. The van der Waals surface area contributed by atoms with E-state index in [1.54, 1.807) is 127 Å². The lowest BCUT2D eigenvalue weighted by Gasteiger charge is -1.96. The number of aldehydes is 10. The highest BCUT2D eigenvalue weighted by molar-refractivity contribution is 5.76. The number of carbonyl (C=O) groups excluding carboxylic acids is 10. The SMILES string of the molecule is CC(/C=C/C=O)=C\C=C\C=C(C)\C=C\C=O.CC(C)=CCC/C(C)=C/C=C/C(C)=C/C=C/C(C)=C/C=C/C=C(C)/C=C/C=C(C)/C=C/C=C(\C)CCC=C(C)C.C\C(C=O)=C/C=C/C(C)=C/C=C/C=C(C)/C=C/C=C(\C)C=O.C\C(C=O)=C/C=C/C(C)=C/C=O.C\C(C=O)=C/C=C/C=C(C)/C=C/C=C(\C)C=O.C\C(C=O)=C/C=C/C=C(\C)C=O. The molecule has 0 aliphatic carbocycles. The number of hydrogen-bond donors (Lipinski definition) is 0. The second kappa shape index (κ2) is 86.2. The molecule has 0 aromatic heterocycles. The van der Waals surface area contributed by atoms with Gasteiger partial charge in [0.1, 0.15) is 62.9 Å². The third-order valence-corrected chi connectivity index (χ3v) is 14.6. The van der Waals surface area contributed by atoms with E-state index in [1.165, 1.54) is 62.8 Å². The van der Waals surface area contributed by atoms with Crippen LogP contribution in [0, 0.1) is 0 Å². The van der Waals surface area contributed by atoms with Crippen LogP contribution in [0.1, 0.15) is 185 Å². The van der Waals surface area contributed by atoms with Gasteiger partial charge in [0.2, 0.25) is 0 Å². The van der Waals surface area contributed by atoms with Crippen LogP contribution in [0.2, 0.25) is 0 Å². The van der Waals surface area contributed by atoms with Crippen LogP contribution in [0.3, 0.4) is 0 Å². The summed E-state index contributed by atoms with van der Waals surface area (Å²) in [5.74, 6) is 0. The van der Waals surface area contributed by atoms with E-state index in [4.69, 9.17) is 0 Å². The van der Waals surface area contributed by atoms with Gasteiger partial charge in [0.15, 0.2) is 0 Å². The standard InChI is InChI=1S/C40H56.C20H24O2.C15H18O2.C14H16O2.2C10H12O2/c1-33(2)19-13-23-37(7)27-17-31-39(9)29-15-25-35(5)21-11-12-22-36(6)26-16-30-40(10)32-18-28-38(8)24-14-20-34(3)4;1-17(11-7-13-19(3)15-21)9-5-6-10-18(2)12-8-14-20(4)16-22;1-13(9-6-10-15(3)12-17)7-4-5-8-14(2)11-16;1-13(9-5-11-15)7-3-4-8-14(2)10-6-12-16;1-9(6-7-11)4-3-5-10(2)8-12;1-9(7-11)5-3-4-6-10(2)8-12/h11-12,15-22,25-32H,13-14,23-24H2,1-10H3;5-16H,1-4H3;4-12H,1-3H3;3-12H,1-2H3;2*3-8H,1-2H3/b12-11+,25-15+,26-16+,31-17+,32-18+,35-21+,36-22+,37-27+,38-28+,39-29+,40-30+;6-5+,11-7+,12-8+,17-9+,18-10+,19-13+,20-14+;5-4+,9-6+,13-7+,14-8+,15-10+;4-3+,9-5+,10-6+,13-7+,14-8+;4-3+,9-6+,10-5+;4-3+,9-5+,10-6+. The quantitative estimate of drug-likeness (QED) is 0.0247. The maximum Gasteiger partial charge on any atom is 0.145 e. The molecule has 0 N–H and O–H groups in total. The fraction of sp³-hybridized carbons (Fsp3) is 0.248. The fourth-order valence-electron chi connectivity index (χ4n) is 7.58. The predicted octanol–water partition coefficient (Wildman–Crippen LogP) is 27.7. The Kier molecular flexibility index (Phi) is 84.9. The van der Waals surface area contributed by atoms with Gasteiger partial charge in [-0.05, 0) is 248 Å². The van der Waals surface area contributed by atoms with E-state index in [-0.39, 0.29) is 0 Å². The summed E-state index contributed by atoms with van der Waals surface area (Å²) in [5, 5.41) is 0. The molecule has 0 amide bonds.